The molecule has 0 aromatic heterocycles. The number of hydrogen-bond acceptors (Lipinski definition) is 2. The quantitative estimate of drug-likeness (QED) is 0.875. The second-order valence-electron chi connectivity index (χ2n) is 4.72. The molecule has 1 aliphatic rings. The highest BCUT2D eigenvalue weighted by molar-refractivity contribution is 5.80. The van der Waals surface area contributed by atoms with Gasteiger partial charge in [-0.1, -0.05) is 12.1 Å². The first-order valence-corrected chi connectivity index (χ1v) is 5.94. The van der Waals surface area contributed by atoms with Gasteiger partial charge in [0.25, 0.3) is 0 Å². The summed E-state index contributed by atoms with van der Waals surface area (Å²) in [5.74, 6) is -1.58. The number of hydrogen-bond donors (Lipinski definition) is 2. The zero-order chi connectivity index (χ0) is 14.0. The average Bonchev–Trinajstić information content (AvgIpc) is 2.73. The van der Waals surface area contributed by atoms with Gasteiger partial charge in [0.2, 0.25) is 0 Å². The third-order valence-corrected chi connectivity index (χ3v) is 3.33. The molecule has 2 N–H and O–H groups in total. The van der Waals surface area contributed by atoms with E-state index >= 15 is 0 Å². The molecule has 102 valence electrons. The van der Waals surface area contributed by atoms with E-state index < -0.39 is 18.1 Å². The lowest BCUT2D eigenvalue weighted by Crippen LogP contribution is -2.39. The van der Waals surface area contributed by atoms with Crippen molar-refractivity contribution in [3.63, 3.8) is 0 Å². The Morgan fingerprint density at radius 3 is 2.63 bits per heavy atom. The van der Waals surface area contributed by atoms with Gasteiger partial charge >= 0.3 is 12.1 Å². The number of likely N-dealkylation sites (tertiary alicyclic amines) is 1. The van der Waals surface area contributed by atoms with Crippen LogP contribution in [0.2, 0.25) is 0 Å². The number of halogens is 1. The summed E-state index contributed by atoms with van der Waals surface area (Å²) in [7, 11) is 0. The second-order valence-corrected chi connectivity index (χ2v) is 4.72. The molecule has 19 heavy (non-hydrogen) atoms. The standard InChI is InChI=1S/C13H14FNO4/c14-10-3-1-2-8(5-10)4-9-6-11(12(16)17)15(7-9)13(18)19/h1-3,5,9,11H,4,6-7H2,(H,16,17)(H,18,19). The topological polar surface area (TPSA) is 77.8 Å². The summed E-state index contributed by atoms with van der Waals surface area (Å²) in [6, 6.07) is 5.06. The Bertz CT molecular complexity index is 483. The van der Waals surface area contributed by atoms with Gasteiger partial charge in [-0.2, -0.15) is 0 Å². The summed E-state index contributed by atoms with van der Waals surface area (Å²) in [5.41, 5.74) is 0.751. The summed E-state index contributed by atoms with van der Waals surface area (Å²) in [5, 5.41) is 18.0. The van der Waals surface area contributed by atoms with E-state index in [4.69, 9.17) is 10.2 Å². The number of amides is 1. The maximum absolute atomic E-state index is 13.1. The van der Waals surface area contributed by atoms with Crippen LogP contribution in [-0.4, -0.2) is 39.8 Å². The smallest absolute Gasteiger partial charge is 0.408 e. The van der Waals surface area contributed by atoms with Crippen LogP contribution in [-0.2, 0) is 11.2 Å². The lowest BCUT2D eigenvalue weighted by atomic mass is 9.97. The molecule has 5 nitrogen and oxygen atoms in total. The fourth-order valence-electron chi connectivity index (χ4n) is 2.51. The van der Waals surface area contributed by atoms with Crippen molar-refractivity contribution in [3.8, 4) is 0 Å². The first-order chi connectivity index (χ1) is 8.97. The van der Waals surface area contributed by atoms with Crippen LogP contribution in [0.4, 0.5) is 9.18 Å². The maximum Gasteiger partial charge on any atom is 0.408 e. The van der Waals surface area contributed by atoms with Gasteiger partial charge in [0.1, 0.15) is 11.9 Å². The second kappa shape index (κ2) is 5.26. The lowest BCUT2D eigenvalue weighted by Gasteiger charge is -2.16. The molecule has 1 fully saturated rings. The number of aliphatic carboxylic acids is 1. The molecular formula is C13H14FNO4. The van der Waals surface area contributed by atoms with Gasteiger partial charge in [0.15, 0.2) is 0 Å². The average molecular weight is 267 g/mol. The van der Waals surface area contributed by atoms with Crippen LogP contribution < -0.4 is 0 Å². The Hall–Kier alpha value is -2.11. The van der Waals surface area contributed by atoms with Crippen LogP contribution in [0.15, 0.2) is 24.3 Å². The number of rotatable bonds is 3. The number of carboxylic acid groups (broad SMARTS) is 2. The minimum atomic E-state index is -1.23. The van der Waals surface area contributed by atoms with Crippen molar-refractivity contribution in [2.24, 2.45) is 5.92 Å². The Morgan fingerprint density at radius 1 is 1.37 bits per heavy atom. The molecule has 6 heteroatoms. The van der Waals surface area contributed by atoms with E-state index in [9.17, 15) is 14.0 Å². The van der Waals surface area contributed by atoms with E-state index in [0.29, 0.717) is 6.42 Å². The fourth-order valence-corrected chi connectivity index (χ4v) is 2.51. The third kappa shape index (κ3) is 3.01. The van der Waals surface area contributed by atoms with E-state index in [2.05, 4.69) is 0 Å². The first-order valence-electron chi connectivity index (χ1n) is 5.94. The summed E-state index contributed by atoms with van der Waals surface area (Å²) in [6.45, 7) is 0.169. The van der Waals surface area contributed by atoms with Crippen LogP contribution in [0.5, 0.6) is 0 Å². The molecule has 1 aromatic rings. The Kier molecular flexibility index (Phi) is 3.69. The van der Waals surface area contributed by atoms with Crippen molar-refractivity contribution in [2.45, 2.75) is 18.9 Å². The molecule has 0 saturated carbocycles. The summed E-state index contributed by atoms with van der Waals surface area (Å²) in [4.78, 5) is 22.9. The predicted octanol–water partition coefficient (Wildman–Crippen LogP) is 1.82. The molecule has 2 unspecified atom stereocenters. The van der Waals surface area contributed by atoms with Crippen molar-refractivity contribution in [1.29, 1.82) is 0 Å². The number of carboxylic acids is 1. The van der Waals surface area contributed by atoms with E-state index in [1.807, 2.05) is 0 Å². The number of carbonyl (C=O) groups is 2. The molecule has 2 atom stereocenters. The van der Waals surface area contributed by atoms with Gasteiger partial charge in [-0.25, -0.2) is 14.0 Å². The zero-order valence-electron chi connectivity index (χ0n) is 10.1. The molecule has 0 bridgehead atoms. The van der Waals surface area contributed by atoms with Crippen molar-refractivity contribution in [2.75, 3.05) is 6.54 Å². The fraction of sp³-hybridized carbons (Fsp3) is 0.385. The summed E-state index contributed by atoms with van der Waals surface area (Å²) < 4.78 is 13.1. The molecule has 2 rings (SSSR count). The van der Waals surface area contributed by atoms with Crippen LogP contribution in [0.1, 0.15) is 12.0 Å². The first kappa shape index (κ1) is 13.3. The van der Waals surface area contributed by atoms with Crippen LogP contribution in [0.3, 0.4) is 0 Å². The molecule has 0 aliphatic carbocycles. The predicted molar refractivity (Wildman–Crippen MR) is 64.4 cm³/mol. The van der Waals surface area contributed by atoms with E-state index in [1.165, 1.54) is 12.1 Å². The van der Waals surface area contributed by atoms with Crippen LogP contribution in [0, 0.1) is 11.7 Å². The van der Waals surface area contributed by atoms with Gasteiger partial charge < -0.3 is 10.2 Å². The Morgan fingerprint density at radius 2 is 2.11 bits per heavy atom. The Labute approximate surface area is 109 Å². The largest absolute Gasteiger partial charge is 0.480 e. The minimum Gasteiger partial charge on any atom is -0.480 e. The van der Waals surface area contributed by atoms with Gasteiger partial charge in [0, 0.05) is 6.54 Å². The SMILES string of the molecule is O=C(O)C1CC(Cc2cccc(F)c2)CN1C(=O)O. The van der Waals surface area contributed by atoms with Gasteiger partial charge in [-0.05, 0) is 36.5 Å². The molecule has 1 aromatic carbocycles. The minimum absolute atomic E-state index is 0.0981. The molecule has 1 saturated heterocycles. The number of nitrogens with zero attached hydrogens (tertiary/aromatic N) is 1. The van der Waals surface area contributed by atoms with Gasteiger partial charge in [-0.3, -0.25) is 4.90 Å². The van der Waals surface area contributed by atoms with Gasteiger partial charge in [0.05, 0.1) is 0 Å². The highest BCUT2D eigenvalue weighted by Crippen LogP contribution is 2.26. The van der Waals surface area contributed by atoms with Crippen LogP contribution in [0.25, 0.3) is 0 Å². The monoisotopic (exact) mass is 267 g/mol. The van der Waals surface area contributed by atoms with Crippen molar-refractivity contribution in [3.05, 3.63) is 35.6 Å². The lowest BCUT2D eigenvalue weighted by molar-refractivity contribution is -0.141. The van der Waals surface area contributed by atoms with E-state index in [-0.39, 0.29) is 24.7 Å². The number of benzene rings is 1. The van der Waals surface area contributed by atoms with Crippen molar-refractivity contribution < 1.29 is 24.2 Å². The highest BCUT2D eigenvalue weighted by Gasteiger charge is 2.39. The maximum atomic E-state index is 13.1. The normalized spacial score (nSPS) is 22.5. The van der Waals surface area contributed by atoms with E-state index in [0.717, 1.165) is 10.5 Å². The van der Waals surface area contributed by atoms with Crippen molar-refractivity contribution >= 4 is 12.1 Å². The van der Waals surface area contributed by atoms with E-state index in [1.54, 1.807) is 12.1 Å². The Balaban J connectivity index is 2.07. The molecule has 1 amide bonds. The molecule has 1 aliphatic heterocycles. The highest BCUT2D eigenvalue weighted by atomic mass is 19.1. The molecule has 0 spiro atoms. The summed E-state index contributed by atoms with van der Waals surface area (Å²) in [6.07, 6.45) is -0.488. The van der Waals surface area contributed by atoms with Crippen LogP contribution >= 0.6 is 0 Å². The summed E-state index contributed by atoms with van der Waals surface area (Å²) >= 11 is 0. The van der Waals surface area contributed by atoms with Crippen molar-refractivity contribution in [1.82, 2.24) is 4.90 Å². The van der Waals surface area contributed by atoms with Gasteiger partial charge in [-0.15, -0.1) is 0 Å². The molecule has 0 radical (unpaired) electrons. The molecular weight excluding hydrogens is 253 g/mol. The zero-order valence-corrected chi connectivity index (χ0v) is 10.1. The molecule has 1 heterocycles. The third-order valence-electron chi connectivity index (χ3n) is 3.33.